The fraction of sp³-hybridized carbons (Fsp3) is 0.409. The molecule has 148 valence electrons. The molecule has 2 amide bonds. The van der Waals surface area contributed by atoms with Gasteiger partial charge in [-0.2, -0.15) is 0 Å². The molecule has 6 nitrogen and oxygen atoms in total. The zero-order valence-corrected chi connectivity index (χ0v) is 16.4. The van der Waals surface area contributed by atoms with E-state index >= 15 is 0 Å². The van der Waals surface area contributed by atoms with Crippen molar-refractivity contribution in [1.82, 2.24) is 15.2 Å². The number of nitrogens with one attached hydrogen (secondary N) is 1. The molecule has 1 aromatic carbocycles. The summed E-state index contributed by atoms with van der Waals surface area (Å²) >= 11 is 0. The van der Waals surface area contributed by atoms with Crippen LogP contribution in [0.15, 0.2) is 48.7 Å². The molecule has 1 aromatic heterocycles. The maximum atomic E-state index is 13.0. The third-order valence-electron chi connectivity index (χ3n) is 5.23. The van der Waals surface area contributed by atoms with Crippen LogP contribution in [-0.2, 0) is 16.0 Å². The number of carbonyl (C=O) groups is 2. The van der Waals surface area contributed by atoms with Crippen molar-refractivity contribution in [1.29, 1.82) is 0 Å². The Hall–Kier alpha value is -2.89. The fourth-order valence-corrected chi connectivity index (χ4v) is 3.83. The second-order valence-corrected chi connectivity index (χ2v) is 6.91. The highest BCUT2D eigenvalue weighted by Crippen LogP contribution is 2.37. The average molecular weight is 381 g/mol. The molecule has 1 aliphatic heterocycles. The van der Waals surface area contributed by atoms with Gasteiger partial charge in [0.25, 0.3) is 0 Å². The molecule has 2 aromatic rings. The average Bonchev–Trinajstić information content (AvgIpc) is 2.74. The molecule has 1 fully saturated rings. The first kappa shape index (κ1) is 19.9. The quantitative estimate of drug-likeness (QED) is 0.801. The van der Waals surface area contributed by atoms with Crippen molar-refractivity contribution < 1.29 is 14.3 Å². The summed E-state index contributed by atoms with van der Waals surface area (Å²) in [4.78, 5) is 31.6. The third kappa shape index (κ3) is 4.50. The molecule has 1 aliphatic rings. The van der Waals surface area contributed by atoms with E-state index in [2.05, 4.69) is 10.3 Å². The SMILES string of the molecule is CCN1C(=O)CC[C@@H](C(=O)NCCc2ccccn2)[C@@H]1c1cccc(OC)c1. The molecule has 0 saturated carbocycles. The van der Waals surface area contributed by atoms with Crippen LogP contribution in [0.1, 0.15) is 37.1 Å². The van der Waals surface area contributed by atoms with Gasteiger partial charge in [0.1, 0.15) is 5.75 Å². The molecule has 1 saturated heterocycles. The molecule has 0 unspecified atom stereocenters. The lowest BCUT2D eigenvalue weighted by Gasteiger charge is -2.40. The third-order valence-corrected chi connectivity index (χ3v) is 5.23. The standard InChI is InChI=1S/C22H27N3O3/c1-3-25-20(26)11-10-19(21(25)16-7-6-9-18(15-16)28-2)22(27)24-14-12-17-8-4-5-13-23-17/h4-9,13,15,19,21H,3,10-12,14H2,1-2H3,(H,24,27)/t19-,21+/m1/s1. The van der Waals surface area contributed by atoms with E-state index in [9.17, 15) is 9.59 Å². The Balaban J connectivity index is 1.76. The van der Waals surface area contributed by atoms with Crippen molar-refractivity contribution in [3.63, 3.8) is 0 Å². The van der Waals surface area contributed by atoms with Crippen LogP contribution in [0.25, 0.3) is 0 Å². The lowest BCUT2D eigenvalue weighted by molar-refractivity contribution is -0.143. The Bertz CT molecular complexity index is 810. The highest BCUT2D eigenvalue weighted by atomic mass is 16.5. The first-order valence-corrected chi connectivity index (χ1v) is 9.75. The molecule has 0 spiro atoms. The number of benzene rings is 1. The van der Waals surface area contributed by atoms with Crippen LogP contribution in [0.3, 0.4) is 0 Å². The first-order chi connectivity index (χ1) is 13.6. The molecule has 28 heavy (non-hydrogen) atoms. The normalized spacial score (nSPS) is 19.4. The zero-order valence-electron chi connectivity index (χ0n) is 16.4. The second kappa shape index (κ2) is 9.35. The van der Waals surface area contributed by atoms with Gasteiger partial charge in [0.05, 0.1) is 19.1 Å². The van der Waals surface area contributed by atoms with Crippen LogP contribution in [0.5, 0.6) is 5.75 Å². The summed E-state index contributed by atoms with van der Waals surface area (Å²) in [5.74, 6) is 0.511. The minimum Gasteiger partial charge on any atom is -0.497 e. The summed E-state index contributed by atoms with van der Waals surface area (Å²) in [6, 6.07) is 13.1. The van der Waals surface area contributed by atoms with E-state index in [1.54, 1.807) is 18.2 Å². The summed E-state index contributed by atoms with van der Waals surface area (Å²) in [7, 11) is 1.62. The second-order valence-electron chi connectivity index (χ2n) is 6.91. The smallest absolute Gasteiger partial charge is 0.225 e. The van der Waals surface area contributed by atoms with Gasteiger partial charge in [0, 0.05) is 37.8 Å². The van der Waals surface area contributed by atoms with Gasteiger partial charge in [-0.1, -0.05) is 18.2 Å². The maximum Gasteiger partial charge on any atom is 0.225 e. The van der Waals surface area contributed by atoms with Gasteiger partial charge in [-0.15, -0.1) is 0 Å². The van der Waals surface area contributed by atoms with Crippen molar-refractivity contribution in [2.75, 3.05) is 20.2 Å². The van der Waals surface area contributed by atoms with Gasteiger partial charge in [0.2, 0.25) is 11.8 Å². The van der Waals surface area contributed by atoms with E-state index in [-0.39, 0.29) is 23.8 Å². The monoisotopic (exact) mass is 381 g/mol. The predicted octanol–water partition coefficient (Wildman–Crippen LogP) is 2.75. The summed E-state index contributed by atoms with van der Waals surface area (Å²) < 4.78 is 5.34. The number of amides is 2. The highest BCUT2D eigenvalue weighted by Gasteiger charge is 2.39. The lowest BCUT2D eigenvalue weighted by Crippen LogP contribution is -2.48. The maximum absolute atomic E-state index is 13.0. The zero-order chi connectivity index (χ0) is 19.9. The molecule has 6 heteroatoms. The number of nitrogens with zero attached hydrogens (tertiary/aromatic N) is 2. The van der Waals surface area contributed by atoms with Gasteiger partial charge in [-0.3, -0.25) is 14.6 Å². The predicted molar refractivity (Wildman–Crippen MR) is 107 cm³/mol. The number of hydrogen-bond acceptors (Lipinski definition) is 4. The Morgan fingerprint density at radius 1 is 1.29 bits per heavy atom. The van der Waals surface area contributed by atoms with E-state index in [1.807, 2.05) is 49.4 Å². The number of rotatable bonds is 7. The number of aromatic nitrogens is 1. The minimum absolute atomic E-state index is 0.0188. The van der Waals surface area contributed by atoms with Crippen molar-refractivity contribution in [2.45, 2.75) is 32.2 Å². The molecule has 1 N–H and O–H groups in total. The van der Waals surface area contributed by atoms with Gasteiger partial charge in [-0.05, 0) is 43.2 Å². The Kier molecular flexibility index (Phi) is 6.63. The summed E-state index contributed by atoms with van der Waals surface area (Å²) in [6.45, 7) is 3.04. The van der Waals surface area contributed by atoms with E-state index in [0.717, 1.165) is 17.0 Å². The van der Waals surface area contributed by atoms with Crippen LogP contribution in [0.2, 0.25) is 0 Å². The van der Waals surface area contributed by atoms with Crippen LogP contribution < -0.4 is 10.1 Å². The first-order valence-electron chi connectivity index (χ1n) is 9.75. The summed E-state index contributed by atoms with van der Waals surface area (Å²) in [5.41, 5.74) is 1.88. The van der Waals surface area contributed by atoms with Crippen molar-refractivity contribution >= 4 is 11.8 Å². The number of carbonyl (C=O) groups excluding carboxylic acids is 2. The number of pyridine rings is 1. The van der Waals surface area contributed by atoms with Gasteiger partial charge in [-0.25, -0.2) is 0 Å². The Labute approximate surface area is 165 Å². The molecule has 0 bridgehead atoms. The number of ether oxygens (including phenoxy) is 1. The van der Waals surface area contributed by atoms with Gasteiger partial charge >= 0.3 is 0 Å². The molecule has 0 radical (unpaired) electrons. The molecule has 2 atom stereocenters. The molecule has 0 aliphatic carbocycles. The topological polar surface area (TPSA) is 71.5 Å². The molecule has 3 rings (SSSR count). The van der Waals surface area contributed by atoms with Crippen LogP contribution in [0, 0.1) is 5.92 Å². The summed E-state index contributed by atoms with van der Waals surface area (Å²) in [6.07, 6.45) is 3.38. The van der Waals surface area contributed by atoms with Crippen molar-refractivity contribution in [3.8, 4) is 5.75 Å². The largest absolute Gasteiger partial charge is 0.497 e. The molecular formula is C22H27N3O3. The van der Waals surface area contributed by atoms with Crippen molar-refractivity contribution in [2.24, 2.45) is 5.92 Å². The van der Waals surface area contributed by atoms with Crippen molar-refractivity contribution in [3.05, 3.63) is 59.9 Å². The van der Waals surface area contributed by atoms with E-state index < -0.39 is 0 Å². The van der Waals surface area contributed by atoms with Gasteiger partial charge < -0.3 is 15.0 Å². The van der Waals surface area contributed by atoms with E-state index in [4.69, 9.17) is 4.74 Å². The number of piperidine rings is 1. The fourth-order valence-electron chi connectivity index (χ4n) is 3.83. The minimum atomic E-state index is -0.284. The highest BCUT2D eigenvalue weighted by molar-refractivity contribution is 5.85. The van der Waals surface area contributed by atoms with Gasteiger partial charge in [0.15, 0.2) is 0 Å². The lowest BCUT2D eigenvalue weighted by atomic mass is 9.83. The Morgan fingerprint density at radius 3 is 2.86 bits per heavy atom. The van der Waals surface area contributed by atoms with E-state index in [1.165, 1.54) is 0 Å². The van der Waals surface area contributed by atoms with E-state index in [0.29, 0.717) is 32.4 Å². The molecular weight excluding hydrogens is 354 g/mol. The Morgan fingerprint density at radius 2 is 2.14 bits per heavy atom. The van der Waals surface area contributed by atoms with Crippen LogP contribution in [0.4, 0.5) is 0 Å². The van der Waals surface area contributed by atoms with Crippen LogP contribution in [-0.4, -0.2) is 41.9 Å². The van der Waals surface area contributed by atoms with Crippen LogP contribution >= 0.6 is 0 Å². The number of likely N-dealkylation sites (tertiary alicyclic amines) is 1. The molecule has 2 heterocycles. The number of hydrogen-bond donors (Lipinski definition) is 1. The number of methoxy groups -OCH3 is 1. The summed E-state index contributed by atoms with van der Waals surface area (Å²) in [5, 5.41) is 3.04.